The van der Waals surface area contributed by atoms with E-state index in [2.05, 4.69) is 4.98 Å². The Labute approximate surface area is 238 Å². The van der Waals surface area contributed by atoms with Gasteiger partial charge in [-0.3, -0.25) is 14.1 Å². The molecule has 0 saturated carbocycles. The van der Waals surface area contributed by atoms with Crippen LogP contribution in [0.5, 0.6) is 5.75 Å². The molecule has 1 aromatic heterocycles. The molecule has 42 heavy (non-hydrogen) atoms. The number of rotatable bonds is 7. The van der Waals surface area contributed by atoms with E-state index in [1.54, 1.807) is 53.8 Å². The molecule has 1 saturated heterocycles. The Morgan fingerprint density at radius 3 is 2.57 bits per heavy atom. The molecule has 1 aliphatic heterocycles. The van der Waals surface area contributed by atoms with Crippen LogP contribution in [-0.4, -0.2) is 60.5 Å². The van der Waals surface area contributed by atoms with Crippen molar-refractivity contribution < 1.29 is 40.5 Å². The average molecular weight is 603 g/mol. The number of nitrogens with one attached hydrogen (secondary N) is 1. The number of ether oxygens (including phenoxy) is 1. The Morgan fingerprint density at radius 1 is 1.14 bits per heavy atom. The van der Waals surface area contributed by atoms with Crippen LogP contribution in [0.25, 0.3) is 21.7 Å². The third-order valence-corrected chi connectivity index (χ3v) is 8.09. The summed E-state index contributed by atoms with van der Waals surface area (Å²) in [5, 5.41) is 3.66. The summed E-state index contributed by atoms with van der Waals surface area (Å²) in [6, 6.07) is 13.6. The van der Waals surface area contributed by atoms with Crippen LogP contribution in [-0.2, 0) is 32.7 Å². The predicted octanol–water partition coefficient (Wildman–Crippen LogP) is 3.60. The summed E-state index contributed by atoms with van der Waals surface area (Å²) in [5.74, 6) is -2.15. The van der Waals surface area contributed by atoms with E-state index >= 15 is 0 Å². The minimum absolute atomic E-state index is 0.0372. The number of pyridine rings is 1. The first-order valence-corrected chi connectivity index (χ1v) is 14.1. The van der Waals surface area contributed by atoms with E-state index in [1.807, 2.05) is 0 Å². The molecule has 0 aliphatic carbocycles. The van der Waals surface area contributed by atoms with Crippen LogP contribution in [0, 0.1) is 0 Å². The van der Waals surface area contributed by atoms with E-state index in [1.165, 1.54) is 18.1 Å². The molecule has 3 aromatic carbocycles. The Kier molecular flexibility index (Phi) is 7.45. The number of hydrogen-bond acceptors (Lipinski definition) is 7. The number of carbonyl (C=O) groups excluding carboxylic acids is 2. The molecular formula is C28H25F3N4O6S. The molecule has 14 heteroatoms. The molecule has 2 amide bonds. The zero-order chi connectivity index (χ0) is 30.4. The zero-order valence-electron chi connectivity index (χ0n) is 22.1. The van der Waals surface area contributed by atoms with Gasteiger partial charge in [-0.05, 0) is 64.2 Å². The Hall–Kier alpha value is -4.43. The van der Waals surface area contributed by atoms with Crippen molar-refractivity contribution in [3.8, 4) is 5.75 Å². The summed E-state index contributed by atoms with van der Waals surface area (Å²) in [4.78, 5) is 29.4. The van der Waals surface area contributed by atoms with Crippen molar-refractivity contribution in [1.82, 2.24) is 15.2 Å². The van der Waals surface area contributed by atoms with Gasteiger partial charge in [-0.1, -0.05) is 24.3 Å². The lowest BCUT2D eigenvalue weighted by Gasteiger charge is -2.18. The number of aromatic nitrogens is 1. The number of carbonyl (C=O) groups is 2. The number of anilines is 1. The monoisotopic (exact) mass is 602 g/mol. The lowest BCUT2D eigenvalue weighted by atomic mass is 9.95. The summed E-state index contributed by atoms with van der Waals surface area (Å²) in [6.07, 6.45) is -4.99. The smallest absolute Gasteiger partial charge is 0.471 e. The van der Waals surface area contributed by atoms with Gasteiger partial charge in [0, 0.05) is 24.9 Å². The van der Waals surface area contributed by atoms with E-state index in [0.717, 1.165) is 5.39 Å². The molecule has 10 nitrogen and oxygen atoms in total. The molecule has 0 bridgehead atoms. The van der Waals surface area contributed by atoms with Gasteiger partial charge in [0.05, 0.1) is 17.5 Å². The van der Waals surface area contributed by atoms with Crippen LogP contribution in [0.2, 0.25) is 0 Å². The Bertz CT molecular complexity index is 1850. The maximum Gasteiger partial charge on any atom is 0.471 e. The molecule has 1 aliphatic rings. The fourth-order valence-electron chi connectivity index (χ4n) is 5.19. The van der Waals surface area contributed by atoms with Crippen LogP contribution in [0.15, 0.2) is 59.5 Å². The number of benzene rings is 3. The highest BCUT2D eigenvalue weighted by atomic mass is 32.2. The second-order valence-corrected chi connectivity index (χ2v) is 11.3. The van der Waals surface area contributed by atoms with Crippen molar-refractivity contribution >= 4 is 49.4 Å². The molecule has 4 aromatic rings. The highest BCUT2D eigenvalue weighted by Crippen LogP contribution is 2.33. The lowest BCUT2D eigenvalue weighted by molar-refractivity contribution is -0.174. The molecule has 5 rings (SSSR count). The number of alkyl halides is 3. The van der Waals surface area contributed by atoms with Gasteiger partial charge in [-0.15, -0.1) is 0 Å². The average Bonchev–Trinajstić information content (AvgIpc) is 3.25. The number of nitrogens with zero attached hydrogens (tertiary/aromatic N) is 2. The normalized spacial score (nSPS) is 15.9. The van der Waals surface area contributed by atoms with Crippen LogP contribution in [0.3, 0.4) is 0 Å². The Balaban J connectivity index is 1.47. The molecular weight excluding hydrogens is 577 g/mol. The first-order valence-electron chi connectivity index (χ1n) is 12.7. The zero-order valence-corrected chi connectivity index (χ0v) is 22.9. The van der Waals surface area contributed by atoms with Crippen LogP contribution in [0.4, 0.5) is 19.0 Å². The van der Waals surface area contributed by atoms with Gasteiger partial charge in [-0.25, -0.2) is 4.98 Å². The van der Waals surface area contributed by atoms with Gasteiger partial charge in [-0.2, -0.15) is 21.6 Å². The minimum Gasteiger partial charge on any atom is -0.497 e. The fraction of sp³-hybridized carbons (Fsp3) is 0.250. The van der Waals surface area contributed by atoms with Gasteiger partial charge < -0.3 is 20.7 Å². The molecule has 2 heterocycles. The van der Waals surface area contributed by atoms with Crippen molar-refractivity contribution in [3.05, 3.63) is 71.3 Å². The first-order chi connectivity index (χ1) is 19.7. The van der Waals surface area contributed by atoms with E-state index in [-0.39, 0.29) is 36.6 Å². The molecule has 220 valence electrons. The molecule has 1 fully saturated rings. The highest BCUT2D eigenvalue weighted by molar-refractivity contribution is 7.85. The maximum atomic E-state index is 12.6. The maximum absolute atomic E-state index is 12.6. The summed E-state index contributed by atoms with van der Waals surface area (Å²) in [6.45, 7) is 0.216. The van der Waals surface area contributed by atoms with Gasteiger partial charge in [0.1, 0.15) is 17.6 Å². The van der Waals surface area contributed by atoms with E-state index in [9.17, 15) is 35.7 Å². The van der Waals surface area contributed by atoms with Gasteiger partial charge in [0.2, 0.25) is 5.91 Å². The van der Waals surface area contributed by atoms with Gasteiger partial charge in [0.15, 0.2) is 0 Å². The molecule has 1 unspecified atom stereocenters. The second-order valence-electron chi connectivity index (χ2n) is 9.91. The molecule has 1 atom stereocenters. The van der Waals surface area contributed by atoms with Crippen molar-refractivity contribution in [2.45, 2.75) is 36.5 Å². The van der Waals surface area contributed by atoms with Crippen LogP contribution < -0.4 is 15.8 Å². The number of likely N-dealkylation sites (tertiary alicyclic amines) is 1. The molecule has 0 radical (unpaired) electrons. The first kappa shape index (κ1) is 29.1. The summed E-state index contributed by atoms with van der Waals surface area (Å²) in [5.41, 5.74) is 8.12. The van der Waals surface area contributed by atoms with Crippen LogP contribution in [0.1, 0.15) is 23.1 Å². The minimum atomic E-state index is -5.09. The van der Waals surface area contributed by atoms with Gasteiger partial charge in [0.25, 0.3) is 10.1 Å². The van der Waals surface area contributed by atoms with Crippen molar-refractivity contribution in [2.75, 3.05) is 19.4 Å². The van der Waals surface area contributed by atoms with Crippen molar-refractivity contribution in [2.24, 2.45) is 0 Å². The summed E-state index contributed by atoms with van der Waals surface area (Å²) < 4.78 is 77.8. The van der Waals surface area contributed by atoms with Crippen molar-refractivity contribution in [1.29, 1.82) is 0 Å². The van der Waals surface area contributed by atoms with E-state index in [4.69, 9.17) is 10.5 Å². The van der Waals surface area contributed by atoms with E-state index in [0.29, 0.717) is 38.7 Å². The molecule has 0 spiro atoms. The Morgan fingerprint density at radius 2 is 1.88 bits per heavy atom. The predicted molar refractivity (Wildman–Crippen MR) is 147 cm³/mol. The highest BCUT2D eigenvalue weighted by Gasteiger charge is 2.43. The number of fused-ring (bicyclic) bond motifs is 2. The fourth-order valence-corrected chi connectivity index (χ4v) is 5.92. The van der Waals surface area contributed by atoms with Crippen molar-refractivity contribution in [3.63, 3.8) is 0 Å². The standard InChI is InChI=1S/C28H25F3N4O6S/c1-41-18-5-3-16-4-7-24(42(38,39)40)21(20(16)13-18)11-17-12-25(32)33-23-10-15(2-6-19(17)23)14-35-9-8-22(26(35)36)34-27(37)28(29,30)31/h2-7,10,12-13,22H,8-9,11,14H2,1H3,(H2,32,33)(H,34,37)(H,38,39,40). The number of nitrogen functional groups attached to an aromatic ring is 1. The topological polar surface area (TPSA) is 152 Å². The second kappa shape index (κ2) is 10.8. The summed E-state index contributed by atoms with van der Waals surface area (Å²) in [7, 11) is -3.10. The number of hydrogen-bond donors (Lipinski definition) is 3. The third kappa shape index (κ3) is 5.81. The largest absolute Gasteiger partial charge is 0.497 e. The lowest BCUT2D eigenvalue weighted by Crippen LogP contribution is -2.46. The third-order valence-electron chi connectivity index (χ3n) is 7.16. The number of amides is 2. The van der Waals surface area contributed by atoms with Gasteiger partial charge >= 0.3 is 12.1 Å². The number of methoxy groups -OCH3 is 1. The number of nitrogens with two attached hydrogens (primary N) is 1. The van der Waals surface area contributed by atoms with E-state index < -0.39 is 34.2 Å². The molecule has 4 N–H and O–H groups in total. The quantitative estimate of drug-likeness (QED) is 0.272. The van der Waals surface area contributed by atoms with Crippen LogP contribution >= 0.6 is 0 Å². The number of halogens is 3. The summed E-state index contributed by atoms with van der Waals surface area (Å²) >= 11 is 0. The SMILES string of the molecule is COc1ccc2ccc(S(=O)(=O)O)c(Cc3cc(N)nc4cc(CN5CCC(NC(=O)C(F)(F)F)C5=O)ccc34)c2c1.